The lowest BCUT2D eigenvalue weighted by atomic mass is 10.1. The minimum Gasteiger partial charge on any atom is -0.399 e. The van der Waals surface area contributed by atoms with Crippen molar-refractivity contribution in [3.8, 4) is 0 Å². The summed E-state index contributed by atoms with van der Waals surface area (Å²) >= 11 is 0. The number of carbonyl (C=O) groups is 1. The Hall–Kier alpha value is -1.31. The Morgan fingerprint density at radius 1 is 1.54 bits per heavy atom. The number of nitrogens with two attached hydrogens (primary N) is 1. The average molecular weight is 177 g/mol. The van der Waals surface area contributed by atoms with E-state index in [0.29, 0.717) is 6.42 Å². The summed E-state index contributed by atoms with van der Waals surface area (Å²) in [6.45, 7) is 0. The fraction of sp³-hybridized carbons (Fsp3) is 0.364. The molecule has 13 heavy (non-hydrogen) atoms. The second kappa shape index (κ2) is 5.36. The largest absolute Gasteiger partial charge is 0.399 e. The molecule has 0 aliphatic heterocycles. The second-order valence-electron chi connectivity index (χ2n) is 3.08. The van der Waals surface area contributed by atoms with Crippen molar-refractivity contribution in [3.63, 3.8) is 0 Å². The highest BCUT2D eigenvalue weighted by Crippen LogP contribution is 2.16. The molecule has 0 saturated carbocycles. The number of carbonyl (C=O) groups excluding carboxylic acids is 1. The van der Waals surface area contributed by atoms with Gasteiger partial charge in [-0.15, -0.1) is 0 Å². The molecule has 2 nitrogen and oxygen atoms in total. The normalized spacial score (nSPS) is 17.8. The van der Waals surface area contributed by atoms with E-state index < -0.39 is 0 Å². The van der Waals surface area contributed by atoms with Crippen molar-refractivity contribution in [3.05, 3.63) is 35.6 Å². The zero-order valence-corrected chi connectivity index (χ0v) is 7.70. The summed E-state index contributed by atoms with van der Waals surface area (Å²) in [5.41, 5.74) is 7.80. The van der Waals surface area contributed by atoms with Gasteiger partial charge in [-0.2, -0.15) is 0 Å². The molecule has 2 N–H and O–H groups in total. The maximum Gasteiger partial charge on any atom is 0.123 e. The summed E-state index contributed by atoms with van der Waals surface area (Å²) in [5, 5.41) is 0. The maximum absolute atomic E-state index is 10.1. The quantitative estimate of drug-likeness (QED) is 0.671. The number of aldehydes is 1. The molecule has 1 aliphatic carbocycles. The van der Waals surface area contributed by atoms with Crippen molar-refractivity contribution in [1.82, 2.24) is 0 Å². The molecule has 0 aromatic carbocycles. The van der Waals surface area contributed by atoms with Gasteiger partial charge in [-0.05, 0) is 30.9 Å². The van der Waals surface area contributed by atoms with E-state index in [4.69, 9.17) is 5.73 Å². The summed E-state index contributed by atoms with van der Waals surface area (Å²) in [6, 6.07) is 0. The molecule has 1 aliphatic rings. The molecule has 0 unspecified atom stereocenters. The molecule has 0 aromatic heterocycles. The molecule has 0 aromatic rings. The van der Waals surface area contributed by atoms with Crippen LogP contribution in [-0.4, -0.2) is 6.29 Å². The Balaban J connectivity index is 2.64. The fourth-order valence-corrected chi connectivity index (χ4v) is 1.32. The van der Waals surface area contributed by atoms with Crippen molar-refractivity contribution < 1.29 is 4.79 Å². The number of hydrogen-bond acceptors (Lipinski definition) is 2. The van der Waals surface area contributed by atoms with Crippen LogP contribution in [0, 0.1) is 0 Å². The monoisotopic (exact) mass is 177 g/mol. The smallest absolute Gasteiger partial charge is 0.123 e. The highest BCUT2D eigenvalue weighted by atomic mass is 16.1. The van der Waals surface area contributed by atoms with Crippen LogP contribution in [0.4, 0.5) is 0 Å². The third-order valence-electron chi connectivity index (χ3n) is 2.04. The summed E-state index contributed by atoms with van der Waals surface area (Å²) in [6.07, 6.45) is 12.5. The Morgan fingerprint density at radius 2 is 2.38 bits per heavy atom. The van der Waals surface area contributed by atoms with Crippen LogP contribution in [0.15, 0.2) is 35.6 Å². The molecule has 2 heteroatoms. The van der Waals surface area contributed by atoms with E-state index in [-0.39, 0.29) is 0 Å². The first-order chi connectivity index (χ1) is 6.34. The lowest BCUT2D eigenvalue weighted by molar-refractivity contribution is -0.107. The summed E-state index contributed by atoms with van der Waals surface area (Å²) < 4.78 is 0. The van der Waals surface area contributed by atoms with Gasteiger partial charge in [0.05, 0.1) is 0 Å². The van der Waals surface area contributed by atoms with Crippen LogP contribution in [0.3, 0.4) is 0 Å². The third-order valence-corrected chi connectivity index (χ3v) is 2.04. The molecule has 0 bridgehead atoms. The van der Waals surface area contributed by atoms with Crippen molar-refractivity contribution in [1.29, 1.82) is 0 Å². The van der Waals surface area contributed by atoms with Crippen LogP contribution in [-0.2, 0) is 4.79 Å². The first kappa shape index (κ1) is 9.78. The Labute approximate surface area is 78.8 Å². The molecular formula is C11H15NO. The van der Waals surface area contributed by atoms with E-state index in [1.54, 1.807) is 0 Å². The van der Waals surface area contributed by atoms with Gasteiger partial charge in [0.2, 0.25) is 0 Å². The van der Waals surface area contributed by atoms with Gasteiger partial charge < -0.3 is 10.5 Å². The van der Waals surface area contributed by atoms with E-state index in [1.807, 2.05) is 18.2 Å². The maximum atomic E-state index is 10.1. The molecule has 0 heterocycles. The van der Waals surface area contributed by atoms with Gasteiger partial charge in [0.15, 0.2) is 0 Å². The van der Waals surface area contributed by atoms with E-state index in [9.17, 15) is 4.79 Å². The van der Waals surface area contributed by atoms with E-state index in [2.05, 4.69) is 6.08 Å². The van der Waals surface area contributed by atoms with Crippen LogP contribution >= 0.6 is 0 Å². The molecule has 0 saturated heterocycles. The van der Waals surface area contributed by atoms with Gasteiger partial charge in [-0.3, -0.25) is 0 Å². The van der Waals surface area contributed by atoms with Crippen LogP contribution in [0.1, 0.15) is 25.7 Å². The molecule has 0 fully saturated rings. The predicted molar refractivity (Wildman–Crippen MR) is 54.0 cm³/mol. The van der Waals surface area contributed by atoms with Gasteiger partial charge in [0.25, 0.3) is 0 Å². The molecule has 70 valence electrons. The van der Waals surface area contributed by atoms with Gasteiger partial charge in [-0.25, -0.2) is 0 Å². The van der Waals surface area contributed by atoms with Crippen molar-refractivity contribution in [2.45, 2.75) is 25.7 Å². The average Bonchev–Trinajstić information content (AvgIpc) is 2.32. The summed E-state index contributed by atoms with van der Waals surface area (Å²) in [4.78, 5) is 10.1. The Morgan fingerprint density at radius 3 is 3.15 bits per heavy atom. The van der Waals surface area contributed by atoms with Crippen LogP contribution < -0.4 is 5.73 Å². The van der Waals surface area contributed by atoms with E-state index in [0.717, 1.165) is 36.8 Å². The second-order valence-corrected chi connectivity index (χ2v) is 3.08. The first-order valence-electron chi connectivity index (χ1n) is 4.60. The topological polar surface area (TPSA) is 43.1 Å². The molecule has 1 rings (SSSR count). The van der Waals surface area contributed by atoms with Gasteiger partial charge >= 0.3 is 0 Å². The number of allylic oxidation sites excluding steroid dienone is 5. The van der Waals surface area contributed by atoms with Gasteiger partial charge in [0.1, 0.15) is 6.29 Å². The minimum atomic E-state index is 0.473. The molecule has 0 atom stereocenters. The minimum absolute atomic E-state index is 0.473. The molecule has 0 spiro atoms. The summed E-state index contributed by atoms with van der Waals surface area (Å²) in [7, 11) is 0. The standard InChI is InChI=1S/C11H15NO/c12-11-8-3-1-2-6-10(11)7-4-5-9-13/h3-4,7-9H,1-2,5-6,12H2/b7-4-. The van der Waals surface area contributed by atoms with Crippen molar-refractivity contribution in [2.75, 3.05) is 0 Å². The highest BCUT2D eigenvalue weighted by molar-refractivity contribution is 5.52. The van der Waals surface area contributed by atoms with Crippen LogP contribution in [0.2, 0.25) is 0 Å². The number of rotatable bonds is 3. The SMILES string of the molecule is NC1=C(/C=C\CC=O)CCCC=C1. The van der Waals surface area contributed by atoms with Gasteiger partial charge in [-0.1, -0.05) is 18.2 Å². The zero-order chi connectivity index (χ0) is 9.52. The van der Waals surface area contributed by atoms with Crippen molar-refractivity contribution >= 4 is 6.29 Å². The third kappa shape index (κ3) is 3.28. The van der Waals surface area contributed by atoms with E-state index >= 15 is 0 Å². The lowest BCUT2D eigenvalue weighted by Gasteiger charge is -2.00. The first-order valence-corrected chi connectivity index (χ1v) is 4.60. The molecular weight excluding hydrogens is 162 g/mol. The van der Waals surface area contributed by atoms with E-state index in [1.165, 1.54) is 0 Å². The molecule has 0 radical (unpaired) electrons. The Bertz CT molecular complexity index is 261. The predicted octanol–water partition coefficient (Wildman–Crippen LogP) is 2.08. The zero-order valence-electron chi connectivity index (χ0n) is 7.70. The number of hydrogen-bond donors (Lipinski definition) is 1. The van der Waals surface area contributed by atoms with Crippen molar-refractivity contribution in [2.24, 2.45) is 5.73 Å². The van der Waals surface area contributed by atoms with Gasteiger partial charge in [0, 0.05) is 12.1 Å². The highest BCUT2D eigenvalue weighted by Gasteiger charge is 2.00. The molecule has 0 amide bonds. The van der Waals surface area contributed by atoms with Crippen LogP contribution in [0.5, 0.6) is 0 Å². The Kier molecular flexibility index (Phi) is 4.03. The fourth-order valence-electron chi connectivity index (χ4n) is 1.32. The summed E-state index contributed by atoms with van der Waals surface area (Å²) in [5.74, 6) is 0. The van der Waals surface area contributed by atoms with Crippen LogP contribution in [0.25, 0.3) is 0 Å². The lowest BCUT2D eigenvalue weighted by Crippen LogP contribution is -1.96.